The molecule has 2 unspecified atom stereocenters. The topological polar surface area (TPSA) is 58.9 Å². The molecule has 1 aromatic carbocycles. The lowest BCUT2D eigenvalue weighted by molar-refractivity contribution is 0.0388. The monoisotopic (exact) mass is 276 g/mol. The zero-order valence-corrected chi connectivity index (χ0v) is 9.85. The van der Waals surface area contributed by atoms with Crippen LogP contribution in [0.15, 0.2) is 24.3 Å². The molecular formula is C10H13BrO4. The molecular weight excluding hydrogens is 264 g/mol. The molecule has 2 N–H and O–H groups in total. The highest BCUT2D eigenvalue weighted by Crippen LogP contribution is 2.25. The summed E-state index contributed by atoms with van der Waals surface area (Å²) in [7, 11) is 1.54. The summed E-state index contributed by atoms with van der Waals surface area (Å²) in [6.07, 6.45) is -0.977. The molecule has 0 heterocycles. The van der Waals surface area contributed by atoms with Gasteiger partial charge in [0.2, 0.25) is 0 Å². The van der Waals surface area contributed by atoms with Gasteiger partial charge >= 0.3 is 0 Å². The molecule has 1 aromatic rings. The average Bonchev–Trinajstić information content (AvgIpc) is 2.26. The first-order valence-corrected chi connectivity index (χ1v) is 5.32. The summed E-state index contributed by atoms with van der Waals surface area (Å²) in [4.78, 5) is 0. The largest absolute Gasteiger partial charge is 0.493 e. The Morgan fingerprint density at radius 1 is 1.27 bits per heavy atom. The number of aliphatic hydroxyl groups is 2. The average molecular weight is 277 g/mol. The van der Waals surface area contributed by atoms with E-state index in [9.17, 15) is 5.11 Å². The summed E-state index contributed by atoms with van der Waals surface area (Å²) in [5.41, 5.74) is 0. The van der Waals surface area contributed by atoms with Gasteiger partial charge in [-0.15, -0.1) is 0 Å². The predicted molar refractivity (Wildman–Crippen MR) is 59.4 cm³/mol. The van der Waals surface area contributed by atoms with E-state index >= 15 is 0 Å². The Labute approximate surface area is 96.6 Å². The van der Waals surface area contributed by atoms with Gasteiger partial charge in [-0.2, -0.15) is 0 Å². The van der Waals surface area contributed by atoms with Crippen LogP contribution in [0, 0.1) is 0 Å². The third kappa shape index (κ3) is 3.70. The zero-order chi connectivity index (χ0) is 11.3. The van der Waals surface area contributed by atoms with E-state index in [2.05, 4.69) is 15.9 Å². The summed E-state index contributed by atoms with van der Waals surface area (Å²) >= 11 is 2.84. The van der Waals surface area contributed by atoms with E-state index in [4.69, 9.17) is 14.6 Å². The Hall–Kier alpha value is -0.780. The number of alkyl halides is 1. The molecule has 2 atom stereocenters. The zero-order valence-electron chi connectivity index (χ0n) is 8.26. The maximum absolute atomic E-state index is 9.29. The highest BCUT2D eigenvalue weighted by Gasteiger charge is 2.14. The summed E-state index contributed by atoms with van der Waals surface area (Å²) in [6.45, 7) is -0.00715. The first-order valence-electron chi connectivity index (χ1n) is 4.41. The molecule has 0 aliphatic rings. The van der Waals surface area contributed by atoms with Crippen LogP contribution in [0.3, 0.4) is 0 Å². The van der Waals surface area contributed by atoms with E-state index in [1.165, 1.54) is 7.11 Å². The van der Waals surface area contributed by atoms with Crippen molar-refractivity contribution in [2.45, 2.75) is 11.1 Å². The van der Waals surface area contributed by atoms with Crippen LogP contribution in [-0.4, -0.2) is 35.0 Å². The van der Waals surface area contributed by atoms with Crippen molar-refractivity contribution in [3.05, 3.63) is 24.3 Å². The molecule has 0 aliphatic carbocycles. The number of ether oxygens (including phenoxy) is 2. The first-order chi connectivity index (χ1) is 7.15. The summed E-state index contributed by atoms with van der Waals surface area (Å²) in [6, 6.07) is 7.11. The first kappa shape index (κ1) is 12.3. The number of hydrogen-bond acceptors (Lipinski definition) is 4. The van der Waals surface area contributed by atoms with Crippen LogP contribution in [-0.2, 0) is 0 Å². The molecule has 0 spiro atoms. The van der Waals surface area contributed by atoms with E-state index in [-0.39, 0.29) is 6.61 Å². The van der Waals surface area contributed by atoms with Crippen molar-refractivity contribution in [1.82, 2.24) is 0 Å². The maximum Gasteiger partial charge on any atom is 0.161 e. The second-order valence-corrected chi connectivity index (χ2v) is 3.84. The van der Waals surface area contributed by atoms with E-state index in [0.717, 1.165) is 0 Å². The summed E-state index contributed by atoms with van der Waals surface area (Å²) < 4.78 is 10.3. The van der Waals surface area contributed by atoms with E-state index in [1.54, 1.807) is 18.2 Å². The Morgan fingerprint density at radius 2 is 1.87 bits per heavy atom. The SMILES string of the molecule is COc1ccccc1OCC(O)C(O)Br. The minimum atomic E-state index is -0.993. The third-order valence-electron chi connectivity index (χ3n) is 1.80. The number of aliphatic hydroxyl groups excluding tert-OH is 2. The molecule has 0 amide bonds. The van der Waals surface area contributed by atoms with Gasteiger partial charge in [-0.3, -0.25) is 0 Å². The highest BCUT2D eigenvalue weighted by atomic mass is 79.9. The molecule has 0 aromatic heterocycles. The lowest BCUT2D eigenvalue weighted by atomic mass is 10.3. The molecule has 0 saturated heterocycles. The fourth-order valence-electron chi connectivity index (χ4n) is 0.993. The van der Waals surface area contributed by atoms with Crippen LogP contribution in [0.2, 0.25) is 0 Å². The normalized spacial score (nSPS) is 14.4. The quantitative estimate of drug-likeness (QED) is 0.793. The molecule has 5 heteroatoms. The van der Waals surface area contributed by atoms with Gasteiger partial charge in [0.15, 0.2) is 11.5 Å². The molecule has 15 heavy (non-hydrogen) atoms. The molecule has 4 nitrogen and oxygen atoms in total. The van der Waals surface area contributed by atoms with Gasteiger partial charge in [-0.25, -0.2) is 0 Å². The van der Waals surface area contributed by atoms with Gasteiger partial charge < -0.3 is 19.7 Å². The van der Waals surface area contributed by atoms with Crippen LogP contribution in [0.1, 0.15) is 0 Å². The second kappa shape index (κ2) is 5.95. The molecule has 0 radical (unpaired) electrons. The number of halogens is 1. The van der Waals surface area contributed by atoms with E-state index in [1.807, 2.05) is 6.07 Å². The Kier molecular flexibility index (Phi) is 4.87. The standard InChI is InChI=1S/C10H13BrO4/c1-14-8-4-2-3-5-9(8)15-6-7(12)10(11)13/h2-5,7,10,12-13H,6H2,1H3. The van der Waals surface area contributed by atoms with Crippen LogP contribution < -0.4 is 9.47 Å². The molecule has 1 rings (SSSR count). The van der Waals surface area contributed by atoms with Gasteiger partial charge in [0.1, 0.15) is 17.7 Å². The fraction of sp³-hybridized carbons (Fsp3) is 0.400. The predicted octanol–water partition coefficient (Wildman–Crippen LogP) is 1.15. The highest BCUT2D eigenvalue weighted by molar-refractivity contribution is 9.09. The Balaban J connectivity index is 2.57. The number of hydrogen-bond donors (Lipinski definition) is 2. The van der Waals surface area contributed by atoms with Crippen molar-refractivity contribution < 1.29 is 19.7 Å². The molecule has 0 fully saturated rings. The lowest BCUT2D eigenvalue weighted by Gasteiger charge is -2.15. The van der Waals surface area contributed by atoms with Crippen LogP contribution in [0.25, 0.3) is 0 Å². The van der Waals surface area contributed by atoms with E-state index < -0.39 is 11.1 Å². The van der Waals surface area contributed by atoms with Crippen molar-refractivity contribution in [1.29, 1.82) is 0 Å². The van der Waals surface area contributed by atoms with Crippen molar-refractivity contribution in [3.8, 4) is 11.5 Å². The van der Waals surface area contributed by atoms with E-state index in [0.29, 0.717) is 11.5 Å². The minimum absolute atomic E-state index is 0.00715. The van der Waals surface area contributed by atoms with Crippen LogP contribution >= 0.6 is 15.9 Å². The summed E-state index contributed by atoms with van der Waals surface area (Å²) in [5.74, 6) is 1.13. The molecule has 0 saturated carbocycles. The van der Waals surface area contributed by atoms with Gasteiger partial charge in [-0.1, -0.05) is 28.1 Å². The number of para-hydroxylation sites is 2. The summed E-state index contributed by atoms with van der Waals surface area (Å²) in [5, 5.41) is 17.3. The second-order valence-electron chi connectivity index (χ2n) is 2.90. The number of methoxy groups -OCH3 is 1. The van der Waals surface area contributed by atoms with Crippen molar-refractivity contribution >= 4 is 15.9 Å². The van der Waals surface area contributed by atoms with Crippen LogP contribution in [0.4, 0.5) is 0 Å². The Morgan fingerprint density at radius 3 is 2.40 bits per heavy atom. The number of rotatable bonds is 5. The molecule has 0 bridgehead atoms. The molecule has 84 valence electrons. The van der Waals surface area contributed by atoms with Crippen molar-refractivity contribution in [2.75, 3.05) is 13.7 Å². The Bertz CT molecular complexity index is 303. The van der Waals surface area contributed by atoms with Gasteiger partial charge in [-0.05, 0) is 12.1 Å². The van der Waals surface area contributed by atoms with Gasteiger partial charge in [0.05, 0.1) is 7.11 Å². The third-order valence-corrected chi connectivity index (χ3v) is 2.41. The van der Waals surface area contributed by atoms with Gasteiger partial charge in [0.25, 0.3) is 0 Å². The maximum atomic E-state index is 9.29. The van der Waals surface area contributed by atoms with Crippen LogP contribution in [0.5, 0.6) is 11.5 Å². The number of benzene rings is 1. The fourth-order valence-corrected chi connectivity index (χ4v) is 1.15. The molecule has 0 aliphatic heterocycles. The lowest BCUT2D eigenvalue weighted by Crippen LogP contribution is -2.27. The minimum Gasteiger partial charge on any atom is -0.493 e. The smallest absolute Gasteiger partial charge is 0.161 e. The van der Waals surface area contributed by atoms with Crippen molar-refractivity contribution in [3.63, 3.8) is 0 Å². The van der Waals surface area contributed by atoms with Gasteiger partial charge in [0, 0.05) is 0 Å². The van der Waals surface area contributed by atoms with Crippen molar-refractivity contribution in [2.24, 2.45) is 0 Å².